The van der Waals surface area contributed by atoms with Gasteiger partial charge < -0.3 is 30.7 Å². The van der Waals surface area contributed by atoms with Crippen LogP contribution in [-0.2, 0) is 15.8 Å². The first-order chi connectivity index (χ1) is 22.6. The average molecular weight is 701 g/mol. The summed E-state index contributed by atoms with van der Waals surface area (Å²) in [5.74, 6) is -1.61. The Morgan fingerprint density at radius 2 is 1.85 bits per heavy atom. The van der Waals surface area contributed by atoms with Gasteiger partial charge in [-0.15, -0.1) is 0 Å². The Balaban J connectivity index is 0.000000671. The number of hydrogen-bond donors (Lipinski definition) is 4. The number of nitrogens with one attached hydrogen (secondary N) is 3. The molecule has 10 nitrogen and oxygen atoms in total. The van der Waals surface area contributed by atoms with Crippen molar-refractivity contribution in [3.63, 3.8) is 0 Å². The number of piperidine rings is 1. The zero-order valence-corrected chi connectivity index (χ0v) is 26.1. The Kier molecular flexibility index (Phi) is 11.8. The van der Waals surface area contributed by atoms with E-state index in [1.54, 1.807) is 24.3 Å². The minimum Gasteiger partial charge on any atom is -0.475 e. The van der Waals surface area contributed by atoms with Crippen molar-refractivity contribution in [2.24, 2.45) is 0 Å². The second-order valence-corrected chi connectivity index (χ2v) is 11.3. The molecular formula is C31H31ClF6N6O4. The van der Waals surface area contributed by atoms with Crippen molar-refractivity contribution < 1.29 is 45.8 Å². The summed E-state index contributed by atoms with van der Waals surface area (Å²) in [4.78, 5) is 33.0. The number of likely N-dealkylation sites (tertiary alicyclic amines) is 1. The number of carboxylic acid groups (broad SMARTS) is 1. The number of amides is 1. The van der Waals surface area contributed by atoms with Gasteiger partial charge in [-0.1, -0.05) is 24.1 Å². The van der Waals surface area contributed by atoms with Crippen LogP contribution in [0.1, 0.15) is 36.8 Å². The first-order valence-electron chi connectivity index (χ1n) is 14.6. The van der Waals surface area contributed by atoms with Gasteiger partial charge in [0, 0.05) is 30.4 Å². The fourth-order valence-corrected chi connectivity index (χ4v) is 5.12. The molecule has 4 N–H and O–H groups in total. The van der Waals surface area contributed by atoms with Gasteiger partial charge in [0.2, 0.25) is 5.91 Å². The second-order valence-electron chi connectivity index (χ2n) is 10.9. The molecule has 1 amide bonds. The third-order valence-corrected chi connectivity index (χ3v) is 7.72. The summed E-state index contributed by atoms with van der Waals surface area (Å²) in [7, 11) is 2.09. The lowest BCUT2D eigenvalue weighted by atomic mass is 10.0. The van der Waals surface area contributed by atoms with Crippen molar-refractivity contribution in [1.82, 2.24) is 20.2 Å². The predicted octanol–water partition coefficient (Wildman–Crippen LogP) is 7.12. The molecule has 5 rings (SSSR count). The smallest absolute Gasteiger partial charge is 0.475 e. The maximum absolute atomic E-state index is 13.1. The molecule has 258 valence electrons. The highest BCUT2D eigenvalue weighted by Gasteiger charge is 2.38. The zero-order valence-electron chi connectivity index (χ0n) is 25.4. The van der Waals surface area contributed by atoms with Crippen molar-refractivity contribution in [2.75, 3.05) is 37.3 Å². The highest BCUT2D eigenvalue weighted by atomic mass is 35.5. The number of carbonyl (C=O) groups is 2. The predicted molar refractivity (Wildman–Crippen MR) is 166 cm³/mol. The molecule has 0 saturated carbocycles. The molecule has 48 heavy (non-hydrogen) atoms. The molecule has 2 aliphatic heterocycles. The third kappa shape index (κ3) is 9.97. The molecule has 2 aliphatic rings. The SMILES string of the molecule is CN1CCCCC1CNC(=O)C1=Cc2c(ncnc2Nc2ccc(Oc3cccc(C(F)(F)F)c3)c(Cl)c2)NCC1.O=C(O)C(F)(F)F. The highest BCUT2D eigenvalue weighted by Crippen LogP contribution is 2.36. The molecular weight excluding hydrogens is 670 g/mol. The number of carboxylic acids is 1. The lowest BCUT2D eigenvalue weighted by Crippen LogP contribution is -2.44. The van der Waals surface area contributed by atoms with Gasteiger partial charge in [0.1, 0.15) is 29.5 Å². The first-order valence-corrected chi connectivity index (χ1v) is 15.0. The maximum atomic E-state index is 13.1. The fourth-order valence-electron chi connectivity index (χ4n) is 4.90. The molecule has 1 fully saturated rings. The summed E-state index contributed by atoms with van der Waals surface area (Å²) in [5.41, 5.74) is 1.00. The molecule has 1 unspecified atom stereocenters. The lowest BCUT2D eigenvalue weighted by Gasteiger charge is -2.32. The van der Waals surface area contributed by atoms with Crippen LogP contribution >= 0.6 is 11.6 Å². The second kappa shape index (κ2) is 15.6. The van der Waals surface area contributed by atoms with E-state index in [-0.39, 0.29) is 22.4 Å². The summed E-state index contributed by atoms with van der Waals surface area (Å²) in [5, 5.41) is 16.9. The Morgan fingerprint density at radius 1 is 1.10 bits per heavy atom. The highest BCUT2D eigenvalue weighted by molar-refractivity contribution is 6.32. The number of halogens is 7. The van der Waals surface area contributed by atoms with Crippen molar-refractivity contribution >= 4 is 46.9 Å². The zero-order chi connectivity index (χ0) is 35.1. The van der Waals surface area contributed by atoms with Gasteiger partial charge in [0.05, 0.1) is 16.1 Å². The number of fused-ring (bicyclic) bond motifs is 1. The molecule has 1 aromatic heterocycles. The van der Waals surface area contributed by atoms with Gasteiger partial charge >= 0.3 is 18.3 Å². The van der Waals surface area contributed by atoms with E-state index in [4.69, 9.17) is 26.2 Å². The van der Waals surface area contributed by atoms with E-state index in [9.17, 15) is 31.1 Å². The lowest BCUT2D eigenvalue weighted by molar-refractivity contribution is -0.192. The van der Waals surface area contributed by atoms with E-state index >= 15 is 0 Å². The van der Waals surface area contributed by atoms with E-state index in [1.165, 1.54) is 31.3 Å². The number of anilines is 3. The van der Waals surface area contributed by atoms with Gasteiger partial charge in [-0.3, -0.25) is 4.79 Å². The number of rotatable bonds is 7. The van der Waals surface area contributed by atoms with Crippen LogP contribution in [0.15, 0.2) is 54.4 Å². The average Bonchev–Trinajstić information content (AvgIpc) is 3.25. The van der Waals surface area contributed by atoms with Crippen molar-refractivity contribution in [3.05, 3.63) is 70.5 Å². The van der Waals surface area contributed by atoms with Crippen LogP contribution in [0.3, 0.4) is 0 Å². The van der Waals surface area contributed by atoms with E-state index in [1.807, 2.05) is 0 Å². The van der Waals surface area contributed by atoms with Crippen LogP contribution in [0.25, 0.3) is 6.08 Å². The molecule has 0 radical (unpaired) electrons. The molecule has 2 aromatic carbocycles. The van der Waals surface area contributed by atoms with Crippen molar-refractivity contribution in [3.8, 4) is 11.5 Å². The number of nitrogens with zero attached hydrogens (tertiary/aromatic N) is 3. The van der Waals surface area contributed by atoms with Crippen LogP contribution in [0.2, 0.25) is 5.02 Å². The summed E-state index contributed by atoms with van der Waals surface area (Å²) in [6, 6.07) is 9.73. The molecule has 0 aliphatic carbocycles. The van der Waals surface area contributed by atoms with Crippen LogP contribution in [0.4, 0.5) is 43.7 Å². The maximum Gasteiger partial charge on any atom is 0.490 e. The normalized spacial score (nSPS) is 16.6. The Labute approximate surface area is 276 Å². The minimum atomic E-state index is -5.08. The number of hydrogen-bond acceptors (Lipinski definition) is 8. The number of ether oxygens (including phenoxy) is 1. The van der Waals surface area contributed by atoms with Crippen LogP contribution in [-0.4, -0.2) is 70.8 Å². The largest absolute Gasteiger partial charge is 0.490 e. The Morgan fingerprint density at radius 3 is 2.52 bits per heavy atom. The van der Waals surface area contributed by atoms with E-state index in [2.05, 4.69) is 37.9 Å². The molecule has 1 atom stereocenters. The van der Waals surface area contributed by atoms with E-state index < -0.39 is 23.9 Å². The quantitative estimate of drug-likeness (QED) is 0.191. The Bertz CT molecular complexity index is 1650. The van der Waals surface area contributed by atoms with Crippen LogP contribution < -0.4 is 20.7 Å². The van der Waals surface area contributed by atoms with Crippen molar-refractivity contribution in [2.45, 2.75) is 44.1 Å². The first kappa shape index (κ1) is 36.3. The molecule has 0 bridgehead atoms. The molecule has 3 heterocycles. The van der Waals surface area contributed by atoms with Gasteiger partial charge in [0.25, 0.3) is 0 Å². The molecule has 17 heteroatoms. The van der Waals surface area contributed by atoms with Gasteiger partial charge in [0.15, 0.2) is 0 Å². The summed E-state index contributed by atoms with van der Waals surface area (Å²) < 4.78 is 76.5. The Hall–Kier alpha value is -4.57. The molecule has 1 saturated heterocycles. The summed E-state index contributed by atoms with van der Waals surface area (Å²) >= 11 is 6.42. The van der Waals surface area contributed by atoms with Gasteiger partial charge in [-0.05, 0) is 75.3 Å². The topological polar surface area (TPSA) is 129 Å². The fraction of sp³-hybridized carbons (Fsp3) is 0.355. The standard InChI is InChI=1S/C29H30ClF3N6O2.C2HF3O2/c1-39-12-3-2-6-21(39)16-35-28(40)18-10-11-34-26-23(13-18)27(37-17-36-26)38-20-8-9-25(24(30)15-20)41-22-7-4-5-19(14-22)29(31,32)33;3-2(4,5)1(6)7/h4-5,7-9,13-15,17,21H,2-3,6,10-12,16H2,1H3,(H,35,40)(H2,34,36,37,38);(H,6,7). The summed E-state index contributed by atoms with van der Waals surface area (Å²) in [6.07, 6.45) is -2.42. The van der Waals surface area contributed by atoms with E-state index in [0.29, 0.717) is 54.0 Å². The number of aliphatic carboxylic acids is 1. The van der Waals surface area contributed by atoms with E-state index in [0.717, 1.165) is 25.1 Å². The number of aromatic nitrogens is 2. The monoisotopic (exact) mass is 700 g/mol. The number of carbonyl (C=O) groups excluding carboxylic acids is 1. The van der Waals surface area contributed by atoms with Crippen LogP contribution in [0.5, 0.6) is 11.5 Å². The molecule has 3 aromatic rings. The number of alkyl halides is 6. The van der Waals surface area contributed by atoms with Crippen LogP contribution in [0, 0.1) is 0 Å². The van der Waals surface area contributed by atoms with Crippen molar-refractivity contribution in [1.29, 1.82) is 0 Å². The minimum absolute atomic E-state index is 0.0145. The van der Waals surface area contributed by atoms with Gasteiger partial charge in [-0.25, -0.2) is 14.8 Å². The number of likely N-dealkylation sites (N-methyl/N-ethyl adjacent to an activating group) is 1. The number of benzene rings is 2. The van der Waals surface area contributed by atoms with Gasteiger partial charge in [-0.2, -0.15) is 26.3 Å². The molecule has 0 spiro atoms. The third-order valence-electron chi connectivity index (χ3n) is 7.43. The summed E-state index contributed by atoms with van der Waals surface area (Å²) in [6.45, 7) is 2.17.